The first-order chi connectivity index (χ1) is 11.3. The van der Waals surface area contributed by atoms with Gasteiger partial charge >= 0.3 is 0 Å². The first-order valence-electron chi connectivity index (χ1n) is 8.29. The van der Waals surface area contributed by atoms with Crippen molar-refractivity contribution in [3.8, 4) is 11.3 Å². The van der Waals surface area contributed by atoms with Crippen LogP contribution in [-0.4, -0.2) is 53.1 Å². The number of hydrogen-bond donors (Lipinski definition) is 2. The van der Waals surface area contributed by atoms with E-state index in [0.29, 0.717) is 12.5 Å². The largest absolute Gasteiger partial charge is 0.396 e. The first-order valence-corrected chi connectivity index (χ1v) is 8.29. The van der Waals surface area contributed by atoms with E-state index in [0.717, 1.165) is 43.9 Å². The van der Waals surface area contributed by atoms with Crippen LogP contribution in [0.15, 0.2) is 36.5 Å². The van der Waals surface area contributed by atoms with Crippen molar-refractivity contribution in [2.24, 2.45) is 11.3 Å². The van der Waals surface area contributed by atoms with Gasteiger partial charge in [-0.3, -0.25) is 10.00 Å². The standard InChI is InChI=1S/C18H23N3O2/c22-12-18-11-21(10-16(18)6-7-23-13-18)9-15-8-19-20-17(15)14-4-2-1-3-5-14/h1-5,8,16,22H,6-7,9-13H2,(H,19,20)/t16-,18+/m0/s1. The Morgan fingerprint density at radius 1 is 1.35 bits per heavy atom. The van der Waals surface area contributed by atoms with Gasteiger partial charge in [0, 0.05) is 37.2 Å². The van der Waals surface area contributed by atoms with Gasteiger partial charge in [-0.2, -0.15) is 5.10 Å². The Bertz CT molecular complexity index is 657. The molecule has 2 aliphatic rings. The van der Waals surface area contributed by atoms with Crippen LogP contribution in [0.4, 0.5) is 0 Å². The fraction of sp³-hybridized carbons (Fsp3) is 0.500. The molecule has 2 aliphatic heterocycles. The number of likely N-dealkylation sites (tertiary alicyclic amines) is 1. The lowest BCUT2D eigenvalue weighted by Gasteiger charge is -2.36. The number of benzene rings is 1. The van der Waals surface area contributed by atoms with Gasteiger partial charge in [-0.25, -0.2) is 0 Å². The van der Waals surface area contributed by atoms with E-state index in [1.807, 2.05) is 24.4 Å². The summed E-state index contributed by atoms with van der Waals surface area (Å²) in [5.74, 6) is 0.535. The number of nitrogens with zero attached hydrogens (tertiary/aromatic N) is 2. The van der Waals surface area contributed by atoms with Gasteiger partial charge in [-0.05, 0) is 17.9 Å². The number of hydrogen-bond acceptors (Lipinski definition) is 4. The molecule has 1 aromatic heterocycles. The summed E-state index contributed by atoms with van der Waals surface area (Å²) >= 11 is 0. The molecule has 2 saturated heterocycles. The van der Waals surface area contributed by atoms with Gasteiger partial charge in [0.05, 0.1) is 25.1 Å². The van der Waals surface area contributed by atoms with Crippen LogP contribution in [0.2, 0.25) is 0 Å². The molecule has 1 aromatic carbocycles. The van der Waals surface area contributed by atoms with Crippen molar-refractivity contribution in [2.75, 3.05) is 32.9 Å². The van der Waals surface area contributed by atoms with Crippen LogP contribution in [0.25, 0.3) is 11.3 Å². The maximum atomic E-state index is 9.90. The van der Waals surface area contributed by atoms with Crippen LogP contribution in [0.3, 0.4) is 0 Å². The summed E-state index contributed by atoms with van der Waals surface area (Å²) in [4.78, 5) is 2.44. The second kappa shape index (κ2) is 6.07. The molecule has 0 aliphatic carbocycles. The van der Waals surface area contributed by atoms with Crippen LogP contribution in [0.5, 0.6) is 0 Å². The Labute approximate surface area is 136 Å². The minimum Gasteiger partial charge on any atom is -0.396 e. The predicted octanol–water partition coefficient (Wildman–Crippen LogP) is 1.91. The van der Waals surface area contributed by atoms with Crippen LogP contribution in [0, 0.1) is 11.3 Å². The fourth-order valence-electron chi connectivity index (χ4n) is 4.08. The van der Waals surface area contributed by atoms with Gasteiger partial charge in [0.2, 0.25) is 0 Å². The van der Waals surface area contributed by atoms with Gasteiger partial charge in [0.25, 0.3) is 0 Å². The fourth-order valence-corrected chi connectivity index (χ4v) is 4.08. The number of nitrogens with one attached hydrogen (secondary N) is 1. The number of ether oxygens (including phenoxy) is 1. The number of aromatic amines is 1. The second-order valence-electron chi connectivity index (χ2n) is 6.86. The summed E-state index contributed by atoms with van der Waals surface area (Å²) in [5.41, 5.74) is 3.39. The molecule has 0 radical (unpaired) electrons. The minimum absolute atomic E-state index is 0.0745. The molecule has 2 atom stereocenters. The molecule has 2 aromatic rings. The Balaban J connectivity index is 1.53. The van der Waals surface area contributed by atoms with Crippen molar-refractivity contribution in [3.63, 3.8) is 0 Å². The van der Waals surface area contributed by atoms with E-state index in [4.69, 9.17) is 4.74 Å². The van der Waals surface area contributed by atoms with Crippen molar-refractivity contribution >= 4 is 0 Å². The van der Waals surface area contributed by atoms with Crippen LogP contribution in [-0.2, 0) is 11.3 Å². The SMILES string of the molecule is OC[C@]12COCC[C@H]1CN(Cc1cn[nH]c1-c1ccccc1)C2. The summed E-state index contributed by atoms with van der Waals surface area (Å²) in [7, 11) is 0. The zero-order chi connectivity index (χ0) is 15.7. The number of aliphatic hydroxyl groups is 1. The van der Waals surface area contributed by atoms with Crippen molar-refractivity contribution in [3.05, 3.63) is 42.1 Å². The molecule has 0 amide bonds. The molecule has 23 heavy (non-hydrogen) atoms. The Kier molecular flexibility index (Phi) is 3.93. The minimum atomic E-state index is -0.0745. The molecular weight excluding hydrogens is 290 g/mol. The van der Waals surface area contributed by atoms with Crippen molar-refractivity contribution in [2.45, 2.75) is 13.0 Å². The molecule has 0 spiro atoms. The number of rotatable bonds is 4. The summed E-state index contributed by atoms with van der Waals surface area (Å²) < 4.78 is 5.65. The van der Waals surface area contributed by atoms with Gasteiger partial charge in [0.15, 0.2) is 0 Å². The lowest BCUT2D eigenvalue weighted by Crippen LogP contribution is -2.42. The lowest BCUT2D eigenvalue weighted by atomic mass is 9.76. The highest BCUT2D eigenvalue weighted by molar-refractivity contribution is 5.62. The number of aliphatic hydroxyl groups excluding tert-OH is 1. The van der Waals surface area contributed by atoms with Gasteiger partial charge in [-0.15, -0.1) is 0 Å². The van der Waals surface area contributed by atoms with E-state index in [9.17, 15) is 5.11 Å². The molecular formula is C18H23N3O2. The van der Waals surface area contributed by atoms with Crippen LogP contribution in [0.1, 0.15) is 12.0 Å². The third kappa shape index (κ3) is 2.69. The average Bonchev–Trinajstić information content (AvgIpc) is 3.20. The molecule has 0 saturated carbocycles. The normalized spacial score (nSPS) is 28.0. The van der Waals surface area contributed by atoms with E-state index in [-0.39, 0.29) is 12.0 Å². The second-order valence-corrected chi connectivity index (χ2v) is 6.86. The van der Waals surface area contributed by atoms with E-state index in [1.54, 1.807) is 0 Å². The number of H-pyrrole nitrogens is 1. The summed E-state index contributed by atoms with van der Waals surface area (Å²) in [6.07, 6.45) is 2.97. The molecule has 4 rings (SSSR count). The molecule has 5 heteroatoms. The summed E-state index contributed by atoms with van der Waals surface area (Å²) in [6, 6.07) is 10.3. The molecule has 0 unspecified atom stereocenters. The quantitative estimate of drug-likeness (QED) is 0.905. The zero-order valence-corrected chi connectivity index (χ0v) is 13.2. The third-order valence-electron chi connectivity index (χ3n) is 5.37. The van der Waals surface area contributed by atoms with E-state index in [2.05, 4.69) is 27.2 Å². The van der Waals surface area contributed by atoms with Crippen molar-refractivity contribution < 1.29 is 9.84 Å². The van der Waals surface area contributed by atoms with Gasteiger partial charge in [-0.1, -0.05) is 30.3 Å². The molecule has 0 bridgehead atoms. The molecule has 3 heterocycles. The molecule has 5 nitrogen and oxygen atoms in total. The van der Waals surface area contributed by atoms with E-state index in [1.165, 1.54) is 5.56 Å². The molecule has 122 valence electrons. The lowest BCUT2D eigenvalue weighted by molar-refractivity contribution is -0.0561. The van der Waals surface area contributed by atoms with E-state index < -0.39 is 0 Å². The van der Waals surface area contributed by atoms with Gasteiger partial charge < -0.3 is 9.84 Å². The zero-order valence-electron chi connectivity index (χ0n) is 13.2. The maximum absolute atomic E-state index is 9.90. The van der Waals surface area contributed by atoms with Crippen LogP contribution < -0.4 is 0 Å². The molecule has 2 N–H and O–H groups in total. The predicted molar refractivity (Wildman–Crippen MR) is 87.7 cm³/mol. The van der Waals surface area contributed by atoms with Crippen molar-refractivity contribution in [1.82, 2.24) is 15.1 Å². The van der Waals surface area contributed by atoms with E-state index >= 15 is 0 Å². The Hall–Kier alpha value is -1.69. The highest BCUT2D eigenvalue weighted by Gasteiger charge is 2.48. The number of fused-ring (bicyclic) bond motifs is 1. The average molecular weight is 313 g/mol. The van der Waals surface area contributed by atoms with Crippen LogP contribution >= 0.6 is 0 Å². The topological polar surface area (TPSA) is 61.4 Å². The first kappa shape index (κ1) is 14.9. The smallest absolute Gasteiger partial charge is 0.0695 e. The maximum Gasteiger partial charge on any atom is 0.0695 e. The van der Waals surface area contributed by atoms with Crippen molar-refractivity contribution in [1.29, 1.82) is 0 Å². The summed E-state index contributed by atoms with van der Waals surface area (Å²) in [6.45, 7) is 4.50. The summed E-state index contributed by atoms with van der Waals surface area (Å²) in [5, 5.41) is 17.3. The Morgan fingerprint density at radius 2 is 2.22 bits per heavy atom. The highest BCUT2D eigenvalue weighted by atomic mass is 16.5. The highest BCUT2D eigenvalue weighted by Crippen LogP contribution is 2.41. The molecule has 2 fully saturated rings. The third-order valence-corrected chi connectivity index (χ3v) is 5.37. The Morgan fingerprint density at radius 3 is 3.00 bits per heavy atom. The monoisotopic (exact) mass is 313 g/mol. The van der Waals surface area contributed by atoms with Gasteiger partial charge in [0.1, 0.15) is 0 Å². The number of aromatic nitrogens is 2.